The van der Waals surface area contributed by atoms with E-state index >= 15 is 0 Å². The van der Waals surface area contributed by atoms with Crippen molar-refractivity contribution in [1.82, 2.24) is 0 Å². The van der Waals surface area contributed by atoms with Crippen molar-refractivity contribution in [3.8, 4) is 0 Å². The van der Waals surface area contributed by atoms with Crippen LogP contribution in [0.3, 0.4) is 0 Å². The Morgan fingerprint density at radius 3 is 2.11 bits per heavy atom. The standard InChI is InChI=1S/C16H16Br2/c1-10-4-6-12(3)14(8-10)16(18)13-7-5-11(2)9-15(13)17/h4-9,16H,1-3H3. The first-order valence-corrected chi connectivity index (χ1v) is 7.67. The van der Waals surface area contributed by atoms with Gasteiger partial charge in [-0.05, 0) is 49.1 Å². The maximum atomic E-state index is 3.82. The average Bonchev–Trinajstić information content (AvgIpc) is 2.31. The van der Waals surface area contributed by atoms with Crippen LogP contribution in [0.4, 0.5) is 0 Å². The highest BCUT2D eigenvalue weighted by molar-refractivity contribution is 9.11. The summed E-state index contributed by atoms with van der Waals surface area (Å²) >= 11 is 7.48. The molecule has 1 atom stereocenters. The number of hydrogen-bond donors (Lipinski definition) is 0. The molecule has 0 saturated carbocycles. The van der Waals surface area contributed by atoms with Gasteiger partial charge in [-0.15, -0.1) is 0 Å². The lowest BCUT2D eigenvalue weighted by atomic mass is 9.98. The zero-order valence-electron chi connectivity index (χ0n) is 10.8. The van der Waals surface area contributed by atoms with Crippen LogP contribution >= 0.6 is 31.9 Å². The molecule has 0 aliphatic rings. The minimum Gasteiger partial charge on any atom is -0.0786 e. The van der Waals surface area contributed by atoms with Crippen LogP contribution in [0.1, 0.15) is 32.6 Å². The molecule has 0 aliphatic carbocycles. The number of benzene rings is 2. The molecule has 2 aromatic rings. The van der Waals surface area contributed by atoms with Gasteiger partial charge in [0.15, 0.2) is 0 Å². The molecule has 2 aromatic carbocycles. The predicted molar refractivity (Wildman–Crippen MR) is 85.6 cm³/mol. The minimum atomic E-state index is 0.229. The van der Waals surface area contributed by atoms with Crippen LogP contribution < -0.4 is 0 Å². The van der Waals surface area contributed by atoms with E-state index in [-0.39, 0.29) is 4.83 Å². The number of halogens is 2. The van der Waals surface area contributed by atoms with Gasteiger partial charge in [0.2, 0.25) is 0 Å². The van der Waals surface area contributed by atoms with E-state index in [9.17, 15) is 0 Å². The molecule has 0 nitrogen and oxygen atoms in total. The van der Waals surface area contributed by atoms with E-state index in [2.05, 4.69) is 89.0 Å². The SMILES string of the molecule is Cc1ccc(C(Br)c2cc(C)ccc2C)c(Br)c1. The number of rotatable bonds is 2. The van der Waals surface area contributed by atoms with Gasteiger partial charge >= 0.3 is 0 Å². The maximum Gasteiger partial charge on any atom is 0.0658 e. The fourth-order valence-corrected chi connectivity index (χ4v) is 3.96. The molecule has 0 aromatic heterocycles. The molecular weight excluding hydrogens is 352 g/mol. The van der Waals surface area contributed by atoms with E-state index < -0.39 is 0 Å². The Kier molecular flexibility index (Phi) is 4.29. The van der Waals surface area contributed by atoms with Gasteiger partial charge in [0, 0.05) is 4.47 Å². The van der Waals surface area contributed by atoms with Gasteiger partial charge in [-0.1, -0.05) is 67.8 Å². The zero-order chi connectivity index (χ0) is 13.3. The second kappa shape index (κ2) is 5.58. The van der Waals surface area contributed by atoms with Crippen LogP contribution in [0.15, 0.2) is 40.9 Å². The Hall–Kier alpha value is -0.600. The molecule has 2 rings (SSSR count). The van der Waals surface area contributed by atoms with E-state index in [1.165, 1.54) is 27.8 Å². The first-order valence-electron chi connectivity index (χ1n) is 5.96. The minimum absolute atomic E-state index is 0.229. The topological polar surface area (TPSA) is 0 Å². The van der Waals surface area contributed by atoms with Crippen molar-refractivity contribution < 1.29 is 0 Å². The molecule has 0 heterocycles. The molecule has 0 N–H and O–H groups in total. The van der Waals surface area contributed by atoms with Crippen LogP contribution in [0, 0.1) is 20.8 Å². The van der Waals surface area contributed by atoms with E-state index in [1.807, 2.05) is 0 Å². The van der Waals surface area contributed by atoms with Crippen LogP contribution in [-0.2, 0) is 0 Å². The molecule has 0 bridgehead atoms. The Balaban J connectivity index is 2.47. The molecule has 0 radical (unpaired) electrons. The molecule has 94 valence electrons. The fourth-order valence-electron chi connectivity index (χ4n) is 2.04. The second-order valence-corrected chi connectivity index (χ2v) is 6.52. The van der Waals surface area contributed by atoms with Crippen molar-refractivity contribution in [3.05, 3.63) is 68.7 Å². The van der Waals surface area contributed by atoms with Gasteiger partial charge in [0.1, 0.15) is 0 Å². The molecule has 0 aliphatic heterocycles. The van der Waals surface area contributed by atoms with Gasteiger partial charge in [0.25, 0.3) is 0 Å². The van der Waals surface area contributed by atoms with Crippen molar-refractivity contribution in [2.24, 2.45) is 0 Å². The lowest BCUT2D eigenvalue weighted by Crippen LogP contribution is -1.98. The predicted octanol–water partition coefficient (Wildman–Crippen LogP) is 5.86. The third kappa shape index (κ3) is 2.86. The Morgan fingerprint density at radius 2 is 1.44 bits per heavy atom. The van der Waals surface area contributed by atoms with E-state index in [4.69, 9.17) is 0 Å². The molecule has 1 unspecified atom stereocenters. The third-order valence-corrected chi connectivity index (χ3v) is 4.81. The summed E-state index contributed by atoms with van der Waals surface area (Å²) in [5, 5.41) is 0. The molecule has 0 fully saturated rings. The summed E-state index contributed by atoms with van der Waals surface area (Å²) in [4.78, 5) is 0.229. The summed E-state index contributed by atoms with van der Waals surface area (Å²) < 4.78 is 1.16. The Labute approximate surface area is 126 Å². The first kappa shape index (κ1) is 13.8. The number of aryl methyl sites for hydroxylation is 3. The molecule has 18 heavy (non-hydrogen) atoms. The fraction of sp³-hybridized carbons (Fsp3) is 0.250. The highest BCUT2D eigenvalue weighted by Gasteiger charge is 2.15. The van der Waals surface area contributed by atoms with Crippen LogP contribution in [-0.4, -0.2) is 0 Å². The number of alkyl halides is 1. The Bertz CT molecular complexity index is 573. The lowest BCUT2D eigenvalue weighted by molar-refractivity contribution is 1.12. The van der Waals surface area contributed by atoms with Crippen molar-refractivity contribution in [2.75, 3.05) is 0 Å². The molecule has 0 spiro atoms. The summed E-state index contributed by atoms with van der Waals surface area (Å²) in [5.41, 5.74) is 6.48. The van der Waals surface area contributed by atoms with Gasteiger partial charge in [-0.2, -0.15) is 0 Å². The van der Waals surface area contributed by atoms with Crippen LogP contribution in [0.25, 0.3) is 0 Å². The smallest absolute Gasteiger partial charge is 0.0658 e. The van der Waals surface area contributed by atoms with Gasteiger partial charge in [-0.3, -0.25) is 0 Å². The summed E-state index contributed by atoms with van der Waals surface area (Å²) in [5.74, 6) is 0. The largest absolute Gasteiger partial charge is 0.0786 e. The highest BCUT2D eigenvalue weighted by Crippen LogP contribution is 2.37. The van der Waals surface area contributed by atoms with Gasteiger partial charge in [0.05, 0.1) is 4.83 Å². The number of hydrogen-bond acceptors (Lipinski definition) is 0. The molecule has 0 amide bonds. The summed E-state index contributed by atoms with van der Waals surface area (Å²) in [6, 6.07) is 13.1. The van der Waals surface area contributed by atoms with Crippen molar-refractivity contribution in [2.45, 2.75) is 25.6 Å². The maximum absolute atomic E-state index is 3.82. The highest BCUT2D eigenvalue weighted by atomic mass is 79.9. The lowest BCUT2D eigenvalue weighted by Gasteiger charge is -2.16. The van der Waals surface area contributed by atoms with Crippen molar-refractivity contribution in [3.63, 3.8) is 0 Å². The van der Waals surface area contributed by atoms with Gasteiger partial charge < -0.3 is 0 Å². The quantitative estimate of drug-likeness (QED) is 0.583. The summed E-state index contributed by atoms with van der Waals surface area (Å²) in [6.45, 7) is 6.40. The third-order valence-electron chi connectivity index (χ3n) is 3.14. The average molecular weight is 368 g/mol. The van der Waals surface area contributed by atoms with E-state index in [0.717, 1.165) is 4.47 Å². The van der Waals surface area contributed by atoms with Crippen molar-refractivity contribution >= 4 is 31.9 Å². The Morgan fingerprint density at radius 1 is 0.833 bits per heavy atom. The second-order valence-electron chi connectivity index (χ2n) is 4.75. The summed E-state index contributed by atoms with van der Waals surface area (Å²) in [7, 11) is 0. The normalized spacial score (nSPS) is 12.5. The molecular formula is C16H16Br2. The van der Waals surface area contributed by atoms with Crippen LogP contribution in [0.2, 0.25) is 0 Å². The first-order chi connectivity index (χ1) is 8.49. The van der Waals surface area contributed by atoms with Crippen molar-refractivity contribution in [1.29, 1.82) is 0 Å². The summed E-state index contributed by atoms with van der Waals surface area (Å²) in [6.07, 6.45) is 0. The zero-order valence-corrected chi connectivity index (χ0v) is 14.0. The van der Waals surface area contributed by atoms with E-state index in [1.54, 1.807) is 0 Å². The van der Waals surface area contributed by atoms with Gasteiger partial charge in [-0.25, -0.2) is 0 Å². The van der Waals surface area contributed by atoms with Crippen LogP contribution in [0.5, 0.6) is 0 Å². The molecule has 2 heteroatoms. The van der Waals surface area contributed by atoms with E-state index in [0.29, 0.717) is 0 Å². The molecule has 0 saturated heterocycles. The monoisotopic (exact) mass is 366 g/mol.